The molecule has 1 aliphatic heterocycles. The molecule has 160 valence electrons. The molecule has 0 saturated carbocycles. The van der Waals surface area contributed by atoms with Gasteiger partial charge in [0.25, 0.3) is 0 Å². The summed E-state index contributed by atoms with van der Waals surface area (Å²) < 4.78 is 0. The van der Waals surface area contributed by atoms with Crippen LogP contribution >= 0.6 is 11.3 Å². The van der Waals surface area contributed by atoms with Gasteiger partial charge in [0.05, 0.1) is 5.69 Å². The van der Waals surface area contributed by atoms with Crippen LogP contribution in [0.25, 0.3) is 32.6 Å². The predicted molar refractivity (Wildman–Crippen MR) is 133 cm³/mol. The lowest BCUT2D eigenvalue weighted by atomic mass is 9.95. The molecule has 0 unspecified atom stereocenters. The molecule has 0 amide bonds. The SMILES string of the molecule is Cc1cc(-c2[nH]c3ccc(-c4cc5c(s4)CN(C(C)C)CC5)cc3c2C(C)C)ccn1. The molecule has 4 heteroatoms. The van der Waals surface area contributed by atoms with Crippen molar-refractivity contribution >= 4 is 22.2 Å². The van der Waals surface area contributed by atoms with Gasteiger partial charge in [0, 0.05) is 57.2 Å². The molecule has 0 saturated heterocycles. The predicted octanol–water partition coefficient (Wildman–Crippen LogP) is 7.16. The Balaban J connectivity index is 1.59. The summed E-state index contributed by atoms with van der Waals surface area (Å²) in [7, 11) is 0. The average molecular weight is 430 g/mol. The van der Waals surface area contributed by atoms with Crippen molar-refractivity contribution in [2.45, 2.75) is 59.5 Å². The second-order valence-corrected chi connectivity index (χ2v) is 10.5. The van der Waals surface area contributed by atoms with Crippen LogP contribution in [0, 0.1) is 6.92 Å². The van der Waals surface area contributed by atoms with Crippen LogP contribution in [-0.4, -0.2) is 27.5 Å². The molecule has 0 aliphatic carbocycles. The minimum absolute atomic E-state index is 0.434. The zero-order valence-corrected chi connectivity index (χ0v) is 19.9. The highest BCUT2D eigenvalue weighted by Gasteiger charge is 2.22. The van der Waals surface area contributed by atoms with Gasteiger partial charge in [-0.3, -0.25) is 9.88 Å². The molecule has 1 aromatic carbocycles. The zero-order valence-electron chi connectivity index (χ0n) is 19.1. The van der Waals surface area contributed by atoms with Crippen molar-refractivity contribution in [1.82, 2.24) is 14.9 Å². The lowest BCUT2D eigenvalue weighted by Gasteiger charge is -2.29. The van der Waals surface area contributed by atoms with Crippen molar-refractivity contribution in [3.63, 3.8) is 0 Å². The van der Waals surface area contributed by atoms with E-state index in [1.165, 1.54) is 51.1 Å². The number of pyridine rings is 1. The van der Waals surface area contributed by atoms with Crippen LogP contribution < -0.4 is 0 Å². The van der Waals surface area contributed by atoms with Gasteiger partial charge in [-0.1, -0.05) is 19.9 Å². The lowest BCUT2D eigenvalue weighted by molar-refractivity contribution is 0.206. The number of aryl methyl sites for hydroxylation is 1. The summed E-state index contributed by atoms with van der Waals surface area (Å²) >= 11 is 1.98. The monoisotopic (exact) mass is 429 g/mol. The number of rotatable bonds is 4. The van der Waals surface area contributed by atoms with E-state index < -0.39 is 0 Å². The van der Waals surface area contributed by atoms with E-state index >= 15 is 0 Å². The molecule has 1 aliphatic rings. The molecular weight excluding hydrogens is 398 g/mol. The van der Waals surface area contributed by atoms with Gasteiger partial charge in [0.15, 0.2) is 0 Å². The second-order valence-electron chi connectivity index (χ2n) is 9.39. The van der Waals surface area contributed by atoms with Crippen LogP contribution in [0.4, 0.5) is 0 Å². The first-order valence-corrected chi connectivity index (χ1v) is 12.2. The maximum absolute atomic E-state index is 4.38. The van der Waals surface area contributed by atoms with Gasteiger partial charge < -0.3 is 4.98 Å². The van der Waals surface area contributed by atoms with Crippen LogP contribution in [-0.2, 0) is 13.0 Å². The van der Waals surface area contributed by atoms with Gasteiger partial charge in [-0.05, 0) is 80.1 Å². The van der Waals surface area contributed by atoms with Crippen molar-refractivity contribution in [3.8, 4) is 21.7 Å². The van der Waals surface area contributed by atoms with Crippen LogP contribution in [0.2, 0.25) is 0 Å². The van der Waals surface area contributed by atoms with E-state index in [0.717, 1.165) is 12.2 Å². The summed E-state index contributed by atoms with van der Waals surface area (Å²) in [6, 6.07) is 14.3. The molecule has 0 radical (unpaired) electrons. The third-order valence-corrected chi connectivity index (χ3v) is 7.74. The van der Waals surface area contributed by atoms with Gasteiger partial charge >= 0.3 is 0 Å². The largest absolute Gasteiger partial charge is 0.354 e. The minimum Gasteiger partial charge on any atom is -0.354 e. The summed E-state index contributed by atoms with van der Waals surface area (Å²) in [4.78, 5) is 13.6. The number of thiophene rings is 1. The molecule has 3 aromatic heterocycles. The smallest absolute Gasteiger partial charge is 0.0501 e. The Kier molecular flexibility index (Phi) is 5.23. The van der Waals surface area contributed by atoms with Crippen LogP contribution in [0.1, 0.15) is 55.3 Å². The number of nitrogens with zero attached hydrogens (tertiary/aromatic N) is 2. The molecule has 3 nitrogen and oxygen atoms in total. The van der Waals surface area contributed by atoms with E-state index in [1.807, 2.05) is 17.5 Å². The molecule has 0 fully saturated rings. The van der Waals surface area contributed by atoms with Crippen LogP contribution in [0.5, 0.6) is 0 Å². The fraction of sp³-hybridized carbons (Fsp3) is 0.370. The van der Waals surface area contributed by atoms with E-state index in [9.17, 15) is 0 Å². The molecule has 1 N–H and O–H groups in total. The number of aromatic amines is 1. The van der Waals surface area contributed by atoms with E-state index in [-0.39, 0.29) is 0 Å². The van der Waals surface area contributed by atoms with Gasteiger partial charge in [0.1, 0.15) is 0 Å². The van der Waals surface area contributed by atoms with Crippen molar-refractivity contribution in [2.75, 3.05) is 6.54 Å². The van der Waals surface area contributed by atoms with Crippen LogP contribution in [0.3, 0.4) is 0 Å². The van der Waals surface area contributed by atoms with E-state index in [1.54, 1.807) is 10.4 Å². The number of aromatic nitrogens is 2. The molecular formula is C27H31N3S. The van der Waals surface area contributed by atoms with Crippen LogP contribution in [0.15, 0.2) is 42.6 Å². The number of nitrogens with one attached hydrogen (secondary N) is 1. The summed E-state index contributed by atoms with van der Waals surface area (Å²) in [6.45, 7) is 13.5. The van der Waals surface area contributed by atoms with Gasteiger partial charge in [-0.2, -0.15) is 0 Å². The van der Waals surface area contributed by atoms with Crippen molar-refractivity contribution in [1.29, 1.82) is 0 Å². The third-order valence-electron chi connectivity index (χ3n) is 6.53. The van der Waals surface area contributed by atoms with Gasteiger partial charge in [0.2, 0.25) is 0 Å². The Bertz CT molecular complexity index is 1240. The Morgan fingerprint density at radius 2 is 1.87 bits per heavy atom. The number of fused-ring (bicyclic) bond motifs is 2. The van der Waals surface area contributed by atoms with Gasteiger partial charge in [-0.25, -0.2) is 0 Å². The summed E-state index contributed by atoms with van der Waals surface area (Å²) in [5.41, 5.74) is 8.98. The fourth-order valence-corrected chi connectivity index (χ4v) is 6.05. The molecule has 5 rings (SSSR count). The number of hydrogen-bond acceptors (Lipinski definition) is 3. The maximum atomic E-state index is 4.38. The fourth-order valence-electron chi connectivity index (χ4n) is 4.82. The number of H-pyrrole nitrogens is 1. The quantitative estimate of drug-likeness (QED) is 0.373. The van der Waals surface area contributed by atoms with Gasteiger partial charge in [-0.15, -0.1) is 11.3 Å². The van der Waals surface area contributed by atoms with E-state index in [4.69, 9.17) is 0 Å². The standard InChI is InChI=1S/C27H31N3S/c1-16(2)26-22-13-19(24-14-20-9-11-30(17(3)4)15-25(20)31-24)6-7-23(22)29-27(26)21-8-10-28-18(5)12-21/h6-8,10,12-14,16-17,29H,9,11,15H2,1-5H3. The highest BCUT2D eigenvalue weighted by atomic mass is 32.1. The molecule has 31 heavy (non-hydrogen) atoms. The summed E-state index contributed by atoms with van der Waals surface area (Å²) in [6.07, 6.45) is 3.07. The number of hydrogen-bond donors (Lipinski definition) is 1. The third kappa shape index (κ3) is 3.72. The van der Waals surface area contributed by atoms with E-state index in [2.05, 4.69) is 85.9 Å². The summed E-state index contributed by atoms with van der Waals surface area (Å²) in [5.74, 6) is 0.434. The number of benzene rings is 1. The Hall–Kier alpha value is -2.43. The Morgan fingerprint density at radius 3 is 2.61 bits per heavy atom. The van der Waals surface area contributed by atoms with Crippen molar-refractivity contribution < 1.29 is 0 Å². The van der Waals surface area contributed by atoms with Crippen molar-refractivity contribution in [3.05, 3.63) is 64.3 Å². The average Bonchev–Trinajstić information content (AvgIpc) is 3.34. The first-order valence-electron chi connectivity index (χ1n) is 11.4. The van der Waals surface area contributed by atoms with E-state index in [0.29, 0.717) is 12.0 Å². The first kappa shape index (κ1) is 20.5. The maximum Gasteiger partial charge on any atom is 0.0501 e. The molecule has 0 bridgehead atoms. The lowest BCUT2D eigenvalue weighted by Crippen LogP contribution is -2.35. The minimum atomic E-state index is 0.434. The molecule has 4 heterocycles. The second kappa shape index (κ2) is 7.92. The Morgan fingerprint density at radius 1 is 1.03 bits per heavy atom. The topological polar surface area (TPSA) is 31.9 Å². The normalized spacial score (nSPS) is 14.7. The first-order chi connectivity index (χ1) is 14.9. The zero-order chi connectivity index (χ0) is 21.7. The highest BCUT2D eigenvalue weighted by Crippen LogP contribution is 2.40. The summed E-state index contributed by atoms with van der Waals surface area (Å²) in [5, 5.41) is 1.34. The molecule has 4 aromatic rings. The van der Waals surface area contributed by atoms with Crippen molar-refractivity contribution in [2.24, 2.45) is 0 Å². The molecule has 0 spiro atoms. The highest BCUT2D eigenvalue weighted by molar-refractivity contribution is 7.15. The molecule has 0 atom stereocenters. The Labute approximate surface area is 189 Å².